The second kappa shape index (κ2) is 5.48. The SMILES string of the molecule is NC(=O)C1(OC(=O)C2CCCN2)CCCc2ccccc21. The number of rotatable bonds is 3. The average Bonchev–Trinajstić information content (AvgIpc) is 3.01. The summed E-state index contributed by atoms with van der Waals surface area (Å²) in [4.78, 5) is 24.5. The summed E-state index contributed by atoms with van der Waals surface area (Å²) in [6.07, 6.45) is 3.81. The highest BCUT2D eigenvalue weighted by molar-refractivity contribution is 5.89. The Morgan fingerprint density at radius 2 is 2.10 bits per heavy atom. The number of esters is 1. The van der Waals surface area contributed by atoms with E-state index < -0.39 is 11.5 Å². The molecule has 1 amide bonds. The molecule has 2 unspecified atom stereocenters. The zero-order chi connectivity index (χ0) is 14.9. The molecule has 2 atom stereocenters. The molecule has 1 aromatic rings. The molecule has 3 rings (SSSR count). The van der Waals surface area contributed by atoms with E-state index in [-0.39, 0.29) is 12.0 Å². The molecule has 0 spiro atoms. The number of carbonyl (C=O) groups excluding carboxylic acids is 2. The van der Waals surface area contributed by atoms with Crippen LogP contribution in [0, 0.1) is 0 Å². The summed E-state index contributed by atoms with van der Waals surface area (Å²) in [7, 11) is 0. The maximum atomic E-state index is 12.3. The van der Waals surface area contributed by atoms with Crippen LogP contribution in [-0.4, -0.2) is 24.5 Å². The van der Waals surface area contributed by atoms with Crippen molar-refractivity contribution in [3.05, 3.63) is 35.4 Å². The molecule has 1 aliphatic carbocycles. The number of carbonyl (C=O) groups is 2. The number of nitrogens with one attached hydrogen (secondary N) is 1. The van der Waals surface area contributed by atoms with Gasteiger partial charge in [0, 0.05) is 12.0 Å². The Hall–Kier alpha value is -1.88. The number of fused-ring (bicyclic) bond motifs is 1. The number of ether oxygens (including phenoxy) is 1. The Morgan fingerprint density at radius 1 is 1.29 bits per heavy atom. The van der Waals surface area contributed by atoms with Crippen LogP contribution in [0.2, 0.25) is 0 Å². The molecule has 1 aliphatic heterocycles. The van der Waals surface area contributed by atoms with Crippen LogP contribution < -0.4 is 11.1 Å². The predicted octanol–water partition coefficient (Wildman–Crippen LogP) is 0.999. The fourth-order valence-corrected chi connectivity index (χ4v) is 3.34. The molecule has 5 nitrogen and oxygen atoms in total. The van der Waals surface area contributed by atoms with Crippen LogP contribution in [0.4, 0.5) is 0 Å². The summed E-state index contributed by atoms with van der Waals surface area (Å²) in [5, 5.41) is 3.10. The van der Waals surface area contributed by atoms with Crippen molar-refractivity contribution in [2.24, 2.45) is 5.73 Å². The number of aryl methyl sites for hydroxylation is 1. The van der Waals surface area contributed by atoms with Crippen molar-refractivity contribution in [1.29, 1.82) is 0 Å². The molecule has 0 bridgehead atoms. The summed E-state index contributed by atoms with van der Waals surface area (Å²) in [5.74, 6) is -0.955. The Kier molecular flexibility index (Phi) is 3.68. The van der Waals surface area contributed by atoms with Crippen molar-refractivity contribution < 1.29 is 14.3 Å². The molecule has 1 saturated heterocycles. The Labute approximate surface area is 123 Å². The van der Waals surface area contributed by atoms with Crippen molar-refractivity contribution in [2.75, 3.05) is 6.54 Å². The molecule has 1 heterocycles. The predicted molar refractivity (Wildman–Crippen MR) is 77.4 cm³/mol. The molecule has 1 aromatic carbocycles. The van der Waals surface area contributed by atoms with Crippen LogP contribution >= 0.6 is 0 Å². The summed E-state index contributed by atoms with van der Waals surface area (Å²) in [5.41, 5.74) is 6.10. The van der Waals surface area contributed by atoms with Crippen LogP contribution in [0.15, 0.2) is 24.3 Å². The van der Waals surface area contributed by atoms with Crippen LogP contribution in [0.25, 0.3) is 0 Å². The third-order valence-electron chi connectivity index (χ3n) is 4.45. The maximum Gasteiger partial charge on any atom is 0.324 e. The Bertz CT molecular complexity index is 566. The van der Waals surface area contributed by atoms with E-state index in [1.165, 1.54) is 0 Å². The first-order chi connectivity index (χ1) is 10.1. The molecule has 0 aromatic heterocycles. The van der Waals surface area contributed by atoms with Crippen molar-refractivity contribution >= 4 is 11.9 Å². The molecule has 0 radical (unpaired) electrons. The van der Waals surface area contributed by atoms with Gasteiger partial charge < -0.3 is 15.8 Å². The molecular weight excluding hydrogens is 268 g/mol. The quantitative estimate of drug-likeness (QED) is 0.813. The largest absolute Gasteiger partial charge is 0.443 e. The minimum absolute atomic E-state index is 0.324. The van der Waals surface area contributed by atoms with E-state index in [1.54, 1.807) is 0 Å². The first-order valence-corrected chi connectivity index (χ1v) is 7.48. The maximum absolute atomic E-state index is 12.3. The minimum Gasteiger partial charge on any atom is -0.443 e. The van der Waals surface area contributed by atoms with Crippen LogP contribution in [0.3, 0.4) is 0 Å². The second-order valence-corrected chi connectivity index (χ2v) is 5.77. The van der Waals surface area contributed by atoms with E-state index >= 15 is 0 Å². The van der Waals surface area contributed by atoms with Gasteiger partial charge in [-0.05, 0) is 37.8 Å². The van der Waals surface area contributed by atoms with Gasteiger partial charge in [-0.25, -0.2) is 0 Å². The lowest BCUT2D eigenvalue weighted by Crippen LogP contribution is -2.49. The monoisotopic (exact) mass is 288 g/mol. The zero-order valence-electron chi connectivity index (χ0n) is 11.9. The third-order valence-corrected chi connectivity index (χ3v) is 4.45. The van der Waals surface area contributed by atoms with E-state index in [0.29, 0.717) is 6.42 Å². The lowest BCUT2D eigenvalue weighted by molar-refractivity contribution is -0.172. The van der Waals surface area contributed by atoms with Gasteiger partial charge in [0.05, 0.1) is 0 Å². The molecular formula is C16H20N2O3. The third kappa shape index (κ3) is 2.42. The van der Waals surface area contributed by atoms with Crippen molar-refractivity contribution in [1.82, 2.24) is 5.32 Å². The van der Waals surface area contributed by atoms with Crippen LogP contribution in [0.1, 0.15) is 36.8 Å². The number of primary amides is 1. The highest BCUT2D eigenvalue weighted by Gasteiger charge is 2.46. The Balaban J connectivity index is 1.94. The first-order valence-electron chi connectivity index (χ1n) is 7.48. The zero-order valence-corrected chi connectivity index (χ0v) is 11.9. The average molecular weight is 288 g/mol. The lowest BCUT2D eigenvalue weighted by Gasteiger charge is -2.36. The first kappa shape index (κ1) is 14.1. The van der Waals surface area contributed by atoms with Gasteiger partial charge in [-0.15, -0.1) is 0 Å². The summed E-state index contributed by atoms with van der Waals surface area (Å²) in [6, 6.07) is 7.26. The standard InChI is InChI=1S/C16H20N2O3/c17-15(20)16(21-14(19)13-8-4-10-18-13)9-3-6-11-5-1-2-7-12(11)16/h1-2,5,7,13,18H,3-4,6,8-10H2,(H2,17,20). The van der Waals surface area contributed by atoms with Gasteiger partial charge in [0.15, 0.2) is 0 Å². The normalized spacial score (nSPS) is 27.9. The van der Waals surface area contributed by atoms with E-state index in [0.717, 1.165) is 43.4 Å². The van der Waals surface area contributed by atoms with Gasteiger partial charge >= 0.3 is 5.97 Å². The molecule has 5 heteroatoms. The van der Waals surface area contributed by atoms with E-state index in [4.69, 9.17) is 10.5 Å². The van der Waals surface area contributed by atoms with Crippen molar-refractivity contribution in [2.45, 2.75) is 43.7 Å². The minimum atomic E-state index is -1.31. The van der Waals surface area contributed by atoms with Gasteiger partial charge in [-0.1, -0.05) is 24.3 Å². The molecule has 112 valence electrons. The Morgan fingerprint density at radius 3 is 2.81 bits per heavy atom. The number of hydrogen-bond donors (Lipinski definition) is 2. The van der Waals surface area contributed by atoms with E-state index in [9.17, 15) is 9.59 Å². The number of amides is 1. The summed E-state index contributed by atoms with van der Waals surface area (Å²) < 4.78 is 5.67. The van der Waals surface area contributed by atoms with Gasteiger partial charge in [-0.2, -0.15) is 0 Å². The second-order valence-electron chi connectivity index (χ2n) is 5.77. The fourth-order valence-electron chi connectivity index (χ4n) is 3.34. The smallest absolute Gasteiger partial charge is 0.324 e. The van der Waals surface area contributed by atoms with Crippen molar-refractivity contribution in [3.63, 3.8) is 0 Å². The van der Waals surface area contributed by atoms with Crippen LogP contribution in [-0.2, 0) is 26.3 Å². The molecule has 0 saturated carbocycles. The molecule has 1 fully saturated rings. The van der Waals surface area contributed by atoms with E-state index in [2.05, 4.69) is 5.32 Å². The molecule has 3 N–H and O–H groups in total. The highest BCUT2D eigenvalue weighted by atomic mass is 16.6. The van der Waals surface area contributed by atoms with Gasteiger partial charge in [0.2, 0.25) is 5.60 Å². The van der Waals surface area contributed by atoms with Crippen molar-refractivity contribution in [3.8, 4) is 0 Å². The fraction of sp³-hybridized carbons (Fsp3) is 0.500. The number of nitrogens with two attached hydrogens (primary N) is 1. The topological polar surface area (TPSA) is 81.4 Å². The summed E-state index contributed by atoms with van der Waals surface area (Å²) >= 11 is 0. The number of benzene rings is 1. The van der Waals surface area contributed by atoms with Gasteiger partial charge in [0.25, 0.3) is 5.91 Å². The summed E-state index contributed by atoms with van der Waals surface area (Å²) in [6.45, 7) is 0.805. The number of hydrogen-bond acceptors (Lipinski definition) is 4. The van der Waals surface area contributed by atoms with E-state index in [1.807, 2.05) is 24.3 Å². The van der Waals surface area contributed by atoms with Gasteiger partial charge in [-0.3, -0.25) is 9.59 Å². The van der Waals surface area contributed by atoms with Crippen LogP contribution in [0.5, 0.6) is 0 Å². The molecule has 2 aliphatic rings. The van der Waals surface area contributed by atoms with Gasteiger partial charge in [0.1, 0.15) is 6.04 Å². The lowest BCUT2D eigenvalue weighted by atomic mass is 9.78. The highest BCUT2D eigenvalue weighted by Crippen LogP contribution is 2.38. The molecule has 21 heavy (non-hydrogen) atoms.